The van der Waals surface area contributed by atoms with Gasteiger partial charge < -0.3 is 0 Å². The van der Waals surface area contributed by atoms with Gasteiger partial charge in [0.25, 0.3) is 0 Å². The van der Waals surface area contributed by atoms with Crippen LogP contribution in [0.5, 0.6) is 0 Å². The first kappa shape index (κ1) is 23.5. The highest BCUT2D eigenvalue weighted by Gasteiger charge is 2.46. The molecule has 4 nitrogen and oxygen atoms in total. The maximum atomic E-state index is 14.0. The number of benzene rings is 2. The largest absolute Gasteiger partial charge is 0.516 e. The molecule has 0 fully saturated rings. The number of aromatic nitrogens is 1. The molecule has 0 amide bonds. The van der Waals surface area contributed by atoms with Crippen LogP contribution in [0, 0.1) is 11.7 Å². The van der Waals surface area contributed by atoms with E-state index in [1.807, 2.05) is 13.8 Å². The van der Waals surface area contributed by atoms with E-state index in [9.17, 15) is 26.0 Å². The van der Waals surface area contributed by atoms with Crippen molar-refractivity contribution in [1.29, 1.82) is 0 Å². The van der Waals surface area contributed by atoms with Crippen LogP contribution in [0.4, 0.5) is 23.2 Å². The van der Waals surface area contributed by atoms with Crippen molar-refractivity contribution in [3.8, 4) is 21.8 Å². The molecule has 0 bridgehead atoms. The van der Waals surface area contributed by atoms with Gasteiger partial charge in [-0.2, -0.15) is 21.6 Å². The van der Waals surface area contributed by atoms with Gasteiger partial charge in [0.1, 0.15) is 10.8 Å². The number of thiazole rings is 1. The lowest BCUT2D eigenvalue weighted by Gasteiger charge is -2.11. The van der Waals surface area contributed by atoms with Crippen LogP contribution >= 0.6 is 22.9 Å². The fourth-order valence-corrected chi connectivity index (χ4v) is 4.48. The molecule has 11 heteroatoms. The third-order valence-electron chi connectivity index (χ3n) is 4.23. The summed E-state index contributed by atoms with van der Waals surface area (Å²) < 4.78 is 75.6. The van der Waals surface area contributed by atoms with Crippen molar-refractivity contribution in [2.45, 2.75) is 25.8 Å². The van der Waals surface area contributed by atoms with Crippen molar-refractivity contribution < 1.29 is 26.0 Å². The first-order chi connectivity index (χ1) is 14.4. The Morgan fingerprint density at radius 3 is 2.48 bits per heavy atom. The Labute approximate surface area is 186 Å². The van der Waals surface area contributed by atoms with Crippen molar-refractivity contribution in [3.05, 3.63) is 58.2 Å². The third-order valence-corrected chi connectivity index (χ3v) is 6.54. The molecule has 0 aliphatic heterocycles. The number of nitrogens with one attached hydrogen (secondary N) is 1. The summed E-state index contributed by atoms with van der Waals surface area (Å²) in [6.07, 6.45) is 0.582. The number of sulfonamides is 1. The van der Waals surface area contributed by atoms with E-state index in [4.69, 9.17) is 11.6 Å². The van der Waals surface area contributed by atoms with Crippen molar-refractivity contribution in [1.82, 2.24) is 4.98 Å². The predicted octanol–water partition coefficient (Wildman–Crippen LogP) is 6.73. The predicted molar refractivity (Wildman–Crippen MR) is 115 cm³/mol. The summed E-state index contributed by atoms with van der Waals surface area (Å²) in [5.41, 5.74) is -3.56. The fourth-order valence-electron chi connectivity index (χ4n) is 2.83. The van der Waals surface area contributed by atoms with Crippen molar-refractivity contribution in [2.75, 3.05) is 4.72 Å². The van der Waals surface area contributed by atoms with Gasteiger partial charge in [-0.05, 0) is 54.3 Å². The maximum absolute atomic E-state index is 14.0. The van der Waals surface area contributed by atoms with Gasteiger partial charge in [0.05, 0.1) is 16.4 Å². The quantitative estimate of drug-likeness (QED) is 0.388. The summed E-state index contributed by atoms with van der Waals surface area (Å²) in [5, 5.41) is 2.36. The van der Waals surface area contributed by atoms with Crippen LogP contribution in [0.25, 0.3) is 21.8 Å². The molecule has 0 aliphatic carbocycles. The first-order valence-electron chi connectivity index (χ1n) is 9.00. The first-order valence-corrected chi connectivity index (χ1v) is 11.7. The Balaban J connectivity index is 1.88. The lowest BCUT2D eigenvalue weighted by atomic mass is 10.0. The standard InChI is InChI=1S/C20H17ClF4N2O2S2/c1-11(2)7-13-8-12(3-6-17(13)22)19-26-18(10-30-19)15-5-4-14(9-16(15)21)27-31(28,29)20(23,24)25/h3-6,8-11,27H,7H2,1-2H3. The molecule has 1 heterocycles. The van der Waals surface area contributed by atoms with Gasteiger partial charge in [0.2, 0.25) is 0 Å². The zero-order valence-electron chi connectivity index (χ0n) is 16.3. The molecule has 0 saturated carbocycles. The van der Waals surface area contributed by atoms with Crippen LogP contribution in [-0.4, -0.2) is 18.9 Å². The molecule has 0 spiro atoms. The van der Waals surface area contributed by atoms with Crippen molar-refractivity contribution >= 4 is 38.6 Å². The minimum Gasteiger partial charge on any atom is -0.276 e. The molecule has 0 saturated heterocycles. The Morgan fingerprint density at radius 2 is 1.87 bits per heavy atom. The van der Waals surface area contributed by atoms with Gasteiger partial charge >= 0.3 is 15.5 Å². The SMILES string of the molecule is CC(C)Cc1cc(-c2nc(-c3ccc(NS(=O)(=O)C(F)(F)F)cc3Cl)cs2)ccc1F. The van der Waals surface area contributed by atoms with Gasteiger partial charge in [0.15, 0.2) is 0 Å². The van der Waals surface area contributed by atoms with E-state index < -0.39 is 15.5 Å². The summed E-state index contributed by atoms with van der Waals surface area (Å²) in [5.74, 6) is -0.00197. The number of nitrogens with zero attached hydrogens (tertiary/aromatic N) is 1. The zero-order valence-corrected chi connectivity index (χ0v) is 18.7. The van der Waals surface area contributed by atoms with Crippen LogP contribution in [0.2, 0.25) is 5.02 Å². The topological polar surface area (TPSA) is 59.1 Å². The Hall–Kier alpha value is -2.17. The Bertz CT molecular complexity index is 1210. The summed E-state index contributed by atoms with van der Waals surface area (Å²) in [7, 11) is -5.55. The maximum Gasteiger partial charge on any atom is 0.516 e. The van der Waals surface area contributed by atoms with Gasteiger partial charge in [-0.3, -0.25) is 4.72 Å². The molecular weight excluding hydrogens is 476 g/mol. The molecule has 1 aromatic heterocycles. The number of rotatable bonds is 6. The van der Waals surface area contributed by atoms with E-state index in [-0.39, 0.29) is 22.4 Å². The molecule has 0 aliphatic rings. The van der Waals surface area contributed by atoms with Crippen molar-refractivity contribution in [2.24, 2.45) is 5.92 Å². The summed E-state index contributed by atoms with van der Waals surface area (Å²) >= 11 is 7.47. The second-order valence-corrected chi connectivity index (χ2v) is 10.1. The van der Waals surface area contributed by atoms with Gasteiger partial charge in [-0.15, -0.1) is 11.3 Å². The van der Waals surface area contributed by atoms with Crippen molar-refractivity contribution in [3.63, 3.8) is 0 Å². The van der Waals surface area contributed by atoms with E-state index in [0.717, 1.165) is 11.6 Å². The van der Waals surface area contributed by atoms with Crippen LogP contribution in [0.1, 0.15) is 19.4 Å². The molecule has 0 radical (unpaired) electrons. The highest BCUT2D eigenvalue weighted by atomic mass is 35.5. The molecule has 1 N–H and O–H groups in total. The van der Waals surface area contributed by atoms with Crippen LogP contribution in [-0.2, 0) is 16.4 Å². The molecule has 2 aromatic carbocycles. The second kappa shape index (κ2) is 8.76. The lowest BCUT2D eigenvalue weighted by Crippen LogP contribution is -2.29. The highest BCUT2D eigenvalue weighted by Crippen LogP contribution is 2.35. The number of hydrogen-bond acceptors (Lipinski definition) is 4. The van der Waals surface area contributed by atoms with Crippen LogP contribution in [0.3, 0.4) is 0 Å². The minimum absolute atomic E-state index is 0.0267. The van der Waals surface area contributed by atoms with Gasteiger partial charge in [-0.25, -0.2) is 9.37 Å². The molecule has 3 rings (SSSR count). The number of hydrogen-bond donors (Lipinski definition) is 1. The average molecular weight is 493 g/mol. The molecule has 31 heavy (non-hydrogen) atoms. The normalized spacial score (nSPS) is 12.4. The summed E-state index contributed by atoms with van der Waals surface area (Å²) in [4.78, 5) is 4.50. The average Bonchev–Trinajstić information content (AvgIpc) is 3.12. The van der Waals surface area contributed by atoms with Crippen LogP contribution < -0.4 is 4.72 Å². The van der Waals surface area contributed by atoms with E-state index in [1.165, 1.54) is 34.3 Å². The van der Waals surface area contributed by atoms with E-state index in [1.54, 1.807) is 17.5 Å². The number of halogens is 5. The second-order valence-electron chi connectivity index (χ2n) is 7.19. The minimum atomic E-state index is -5.55. The summed E-state index contributed by atoms with van der Waals surface area (Å²) in [6.45, 7) is 3.99. The Kier molecular flexibility index (Phi) is 6.64. The summed E-state index contributed by atoms with van der Waals surface area (Å²) in [6, 6.07) is 8.39. The Morgan fingerprint density at radius 1 is 1.16 bits per heavy atom. The number of alkyl halides is 3. The number of anilines is 1. The fraction of sp³-hybridized carbons (Fsp3) is 0.250. The van der Waals surface area contributed by atoms with E-state index in [2.05, 4.69) is 4.98 Å². The van der Waals surface area contributed by atoms with E-state index in [0.29, 0.717) is 28.2 Å². The van der Waals surface area contributed by atoms with Crippen LogP contribution in [0.15, 0.2) is 41.8 Å². The highest BCUT2D eigenvalue weighted by molar-refractivity contribution is 7.93. The third kappa shape index (κ3) is 5.36. The molecule has 166 valence electrons. The zero-order chi connectivity index (χ0) is 23.0. The van der Waals surface area contributed by atoms with E-state index >= 15 is 0 Å². The molecule has 0 atom stereocenters. The smallest absolute Gasteiger partial charge is 0.276 e. The lowest BCUT2D eigenvalue weighted by molar-refractivity contribution is -0.0429. The van der Waals surface area contributed by atoms with Gasteiger partial charge in [0, 0.05) is 16.5 Å². The molecule has 3 aromatic rings. The molecular formula is C20H17ClF4N2O2S2. The monoisotopic (exact) mass is 492 g/mol. The van der Waals surface area contributed by atoms with Gasteiger partial charge in [-0.1, -0.05) is 25.4 Å². The molecule has 0 unspecified atom stereocenters.